The highest BCUT2D eigenvalue weighted by Crippen LogP contribution is 2.40. The highest BCUT2D eigenvalue weighted by Gasteiger charge is 2.39. The highest BCUT2D eigenvalue weighted by molar-refractivity contribution is 7.93. The van der Waals surface area contributed by atoms with Gasteiger partial charge >= 0.3 is 6.18 Å². The third kappa shape index (κ3) is 2.75. The molecule has 3 rings (SSSR count). The van der Waals surface area contributed by atoms with Gasteiger partial charge < -0.3 is 0 Å². The fraction of sp³-hybridized carbons (Fsp3) is 0.250. The number of hydrogen-bond acceptors (Lipinski definition) is 2. The molecule has 2 aromatic rings. The van der Waals surface area contributed by atoms with Crippen LogP contribution in [-0.2, 0) is 22.6 Å². The zero-order valence-corrected chi connectivity index (χ0v) is 14.1. The molecule has 1 aliphatic heterocycles. The number of hydrogen-bond donors (Lipinski definition) is 0. The van der Waals surface area contributed by atoms with Crippen LogP contribution in [0.2, 0.25) is 5.02 Å². The summed E-state index contributed by atoms with van der Waals surface area (Å²) in [5.74, 6) is 0. The first-order valence-electron chi connectivity index (χ1n) is 7.11. The van der Waals surface area contributed by atoms with Crippen LogP contribution in [0.15, 0.2) is 47.4 Å². The van der Waals surface area contributed by atoms with Crippen molar-refractivity contribution >= 4 is 27.3 Å². The smallest absolute Gasteiger partial charge is 0.263 e. The van der Waals surface area contributed by atoms with Crippen LogP contribution in [0.1, 0.15) is 18.1 Å². The van der Waals surface area contributed by atoms with E-state index in [1.165, 1.54) is 0 Å². The van der Waals surface area contributed by atoms with Gasteiger partial charge in [0, 0.05) is 6.04 Å². The normalized spacial score (nSPS) is 17.9. The summed E-state index contributed by atoms with van der Waals surface area (Å²) in [4.78, 5) is -0.539. The molecular weight excluding hydrogens is 363 g/mol. The van der Waals surface area contributed by atoms with Crippen LogP contribution in [0.5, 0.6) is 0 Å². The SMILES string of the molecule is CC1Cc2ccccc2N1S(=O)(=O)c1cc(C(F)(F)F)ccc1Cl. The maximum Gasteiger partial charge on any atom is 0.416 e. The molecule has 1 unspecified atom stereocenters. The van der Waals surface area contributed by atoms with Crippen molar-refractivity contribution in [3.63, 3.8) is 0 Å². The number of para-hydroxylation sites is 1. The van der Waals surface area contributed by atoms with Gasteiger partial charge in [-0.3, -0.25) is 4.31 Å². The Hall–Kier alpha value is -1.73. The summed E-state index contributed by atoms with van der Waals surface area (Å²) >= 11 is 5.91. The van der Waals surface area contributed by atoms with Crippen molar-refractivity contribution in [3.05, 3.63) is 58.6 Å². The van der Waals surface area contributed by atoms with Crippen LogP contribution in [0.3, 0.4) is 0 Å². The Bertz CT molecular complexity index is 896. The summed E-state index contributed by atoms with van der Waals surface area (Å²) in [5, 5.41) is -0.236. The fourth-order valence-electron chi connectivity index (χ4n) is 2.89. The van der Waals surface area contributed by atoms with E-state index in [2.05, 4.69) is 0 Å². The first kappa shape index (κ1) is 17.1. The number of halogens is 4. The highest BCUT2D eigenvalue weighted by atomic mass is 35.5. The molecule has 0 aliphatic carbocycles. The molecule has 1 atom stereocenters. The van der Waals surface area contributed by atoms with E-state index in [1.54, 1.807) is 31.2 Å². The maximum atomic E-state index is 13.0. The van der Waals surface area contributed by atoms with Gasteiger partial charge in [-0.1, -0.05) is 29.8 Å². The Morgan fingerprint density at radius 2 is 1.83 bits per heavy atom. The molecule has 0 bridgehead atoms. The average Bonchev–Trinajstić information content (AvgIpc) is 2.82. The van der Waals surface area contributed by atoms with E-state index in [-0.39, 0.29) is 5.02 Å². The van der Waals surface area contributed by atoms with E-state index in [0.717, 1.165) is 22.0 Å². The van der Waals surface area contributed by atoms with E-state index in [4.69, 9.17) is 11.6 Å². The van der Waals surface area contributed by atoms with Crippen LogP contribution in [0.4, 0.5) is 18.9 Å². The Labute approximate surface area is 142 Å². The summed E-state index contributed by atoms with van der Waals surface area (Å²) < 4.78 is 65.9. The maximum absolute atomic E-state index is 13.0. The summed E-state index contributed by atoms with van der Waals surface area (Å²) in [5.41, 5.74) is 0.251. The number of anilines is 1. The number of sulfonamides is 1. The van der Waals surface area contributed by atoms with Crippen LogP contribution < -0.4 is 4.31 Å². The molecule has 0 amide bonds. The van der Waals surface area contributed by atoms with Gasteiger partial charge in [0.25, 0.3) is 10.0 Å². The molecule has 0 N–H and O–H groups in total. The van der Waals surface area contributed by atoms with Crippen LogP contribution in [0.25, 0.3) is 0 Å². The van der Waals surface area contributed by atoms with E-state index >= 15 is 0 Å². The van der Waals surface area contributed by atoms with Crippen molar-refractivity contribution < 1.29 is 21.6 Å². The summed E-state index contributed by atoms with van der Waals surface area (Å²) in [6.45, 7) is 1.71. The van der Waals surface area contributed by atoms with E-state index in [0.29, 0.717) is 18.2 Å². The van der Waals surface area contributed by atoms with Gasteiger partial charge in [-0.05, 0) is 43.2 Å². The minimum absolute atomic E-state index is 0.236. The summed E-state index contributed by atoms with van der Waals surface area (Å²) in [6.07, 6.45) is -4.16. The quantitative estimate of drug-likeness (QED) is 0.775. The predicted octanol–water partition coefficient (Wildman–Crippen LogP) is 4.50. The molecule has 0 radical (unpaired) electrons. The molecule has 0 spiro atoms. The Balaban J connectivity index is 2.16. The van der Waals surface area contributed by atoms with Crippen LogP contribution in [0, 0.1) is 0 Å². The summed E-state index contributed by atoms with van der Waals surface area (Å²) in [6, 6.07) is 8.83. The monoisotopic (exact) mass is 375 g/mol. The van der Waals surface area contributed by atoms with Gasteiger partial charge in [-0.2, -0.15) is 13.2 Å². The molecule has 1 heterocycles. The van der Waals surface area contributed by atoms with Crippen molar-refractivity contribution in [2.24, 2.45) is 0 Å². The number of nitrogens with zero attached hydrogens (tertiary/aromatic N) is 1. The lowest BCUT2D eigenvalue weighted by Crippen LogP contribution is -2.36. The van der Waals surface area contributed by atoms with Crippen molar-refractivity contribution in [1.29, 1.82) is 0 Å². The third-order valence-electron chi connectivity index (χ3n) is 3.94. The molecule has 3 nitrogen and oxygen atoms in total. The third-order valence-corrected chi connectivity index (χ3v) is 6.35. The van der Waals surface area contributed by atoms with Gasteiger partial charge in [0.1, 0.15) is 4.90 Å². The second-order valence-electron chi connectivity index (χ2n) is 5.63. The second kappa shape index (κ2) is 5.67. The van der Waals surface area contributed by atoms with Gasteiger partial charge in [0.2, 0.25) is 0 Å². The second-order valence-corrected chi connectivity index (χ2v) is 7.82. The van der Waals surface area contributed by atoms with Gasteiger partial charge in [-0.25, -0.2) is 8.42 Å². The zero-order valence-electron chi connectivity index (χ0n) is 12.5. The van der Waals surface area contributed by atoms with Crippen LogP contribution >= 0.6 is 11.6 Å². The van der Waals surface area contributed by atoms with E-state index in [9.17, 15) is 21.6 Å². The first-order valence-corrected chi connectivity index (χ1v) is 8.93. The van der Waals surface area contributed by atoms with Crippen molar-refractivity contribution in [2.45, 2.75) is 30.5 Å². The van der Waals surface area contributed by atoms with E-state index < -0.39 is 32.7 Å². The Kier molecular flexibility index (Phi) is 4.04. The number of rotatable bonds is 2. The first-order chi connectivity index (χ1) is 11.1. The van der Waals surface area contributed by atoms with E-state index in [1.807, 2.05) is 0 Å². The predicted molar refractivity (Wildman–Crippen MR) is 85.7 cm³/mol. The number of fused-ring (bicyclic) bond motifs is 1. The summed E-state index contributed by atoms with van der Waals surface area (Å²) in [7, 11) is -4.21. The largest absolute Gasteiger partial charge is 0.416 e. The molecule has 1 aliphatic rings. The van der Waals surface area contributed by atoms with Gasteiger partial charge in [-0.15, -0.1) is 0 Å². The molecule has 0 fully saturated rings. The van der Waals surface area contributed by atoms with Crippen molar-refractivity contribution in [2.75, 3.05) is 4.31 Å². The molecule has 0 saturated heterocycles. The minimum Gasteiger partial charge on any atom is -0.263 e. The standard InChI is InChI=1S/C16H13ClF3NO2S/c1-10-8-11-4-2-3-5-14(11)21(10)24(22,23)15-9-12(16(18,19)20)6-7-13(15)17/h2-7,9-10H,8H2,1H3. The van der Waals surface area contributed by atoms with Crippen molar-refractivity contribution in [1.82, 2.24) is 0 Å². The molecule has 24 heavy (non-hydrogen) atoms. The lowest BCUT2D eigenvalue weighted by Gasteiger charge is -2.25. The lowest BCUT2D eigenvalue weighted by molar-refractivity contribution is -0.137. The topological polar surface area (TPSA) is 37.4 Å². The number of alkyl halides is 3. The molecule has 8 heteroatoms. The van der Waals surface area contributed by atoms with Crippen molar-refractivity contribution in [3.8, 4) is 0 Å². The molecular formula is C16H13ClF3NO2S. The Morgan fingerprint density at radius 3 is 2.50 bits per heavy atom. The molecule has 0 saturated carbocycles. The molecule has 128 valence electrons. The fourth-order valence-corrected chi connectivity index (χ4v) is 5.08. The molecule has 2 aromatic carbocycles. The Morgan fingerprint density at radius 1 is 1.17 bits per heavy atom. The van der Waals surface area contributed by atoms with Gasteiger partial charge in [0.15, 0.2) is 0 Å². The zero-order chi connectivity index (χ0) is 17.7. The average molecular weight is 376 g/mol. The molecule has 0 aromatic heterocycles. The minimum atomic E-state index is -4.65. The van der Waals surface area contributed by atoms with Crippen LogP contribution in [-0.4, -0.2) is 14.5 Å². The lowest BCUT2D eigenvalue weighted by atomic mass is 10.1. The van der Waals surface area contributed by atoms with Gasteiger partial charge in [0.05, 0.1) is 16.3 Å². The number of benzene rings is 2.